The second-order valence-corrected chi connectivity index (χ2v) is 4.87. The van der Waals surface area contributed by atoms with Crippen LogP contribution in [0, 0.1) is 23.0 Å². The minimum atomic E-state index is -4.59. The Morgan fingerprint density at radius 1 is 1.12 bits per heavy atom. The molecule has 0 heterocycles. The second kappa shape index (κ2) is 7.13. The lowest BCUT2D eigenvalue weighted by molar-refractivity contribution is -0.137. The molecule has 0 radical (unpaired) electrons. The molecule has 3 nitrogen and oxygen atoms in total. The normalized spacial score (nSPS) is 11.8. The van der Waals surface area contributed by atoms with Crippen molar-refractivity contribution in [3.05, 3.63) is 70.8 Å². The van der Waals surface area contributed by atoms with Gasteiger partial charge in [-0.2, -0.15) is 18.4 Å². The first-order valence-corrected chi connectivity index (χ1v) is 6.76. The summed E-state index contributed by atoms with van der Waals surface area (Å²) < 4.78 is 64.4. The third kappa shape index (κ3) is 4.64. The van der Waals surface area contributed by atoms with Crippen molar-refractivity contribution < 1.29 is 26.7 Å². The molecule has 0 aliphatic heterocycles. The molecule has 2 rings (SSSR count). The molecule has 0 bridgehead atoms. The zero-order chi connectivity index (χ0) is 18.6. The zero-order valence-electron chi connectivity index (χ0n) is 12.4. The Bertz CT molecular complexity index is 881. The number of benzene rings is 2. The van der Waals surface area contributed by atoms with Crippen LogP contribution >= 0.6 is 0 Å². The Labute approximate surface area is 139 Å². The minimum Gasteiger partial charge on any atom is -0.321 e. The van der Waals surface area contributed by atoms with Gasteiger partial charge in [-0.05, 0) is 36.4 Å². The van der Waals surface area contributed by atoms with Crippen molar-refractivity contribution in [2.75, 3.05) is 5.32 Å². The monoisotopic (exact) mass is 352 g/mol. The van der Waals surface area contributed by atoms with Gasteiger partial charge in [0.25, 0.3) is 5.91 Å². The molecule has 1 N–H and O–H groups in total. The zero-order valence-corrected chi connectivity index (χ0v) is 12.4. The first-order valence-electron chi connectivity index (χ1n) is 6.76. The van der Waals surface area contributed by atoms with E-state index in [1.54, 1.807) is 0 Å². The smallest absolute Gasteiger partial charge is 0.321 e. The van der Waals surface area contributed by atoms with E-state index < -0.39 is 34.9 Å². The maximum Gasteiger partial charge on any atom is 0.416 e. The summed E-state index contributed by atoms with van der Waals surface area (Å²) in [5, 5.41) is 11.1. The van der Waals surface area contributed by atoms with Crippen LogP contribution in [-0.2, 0) is 11.0 Å². The molecule has 8 heteroatoms. The molecule has 1 amide bonds. The molecule has 0 spiro atoms. The lowest BCUT2D eigenvalue weighted by atomic mass is 10.1. The first kappa shape index (κ1) is 18.1. The minimum absolute atomic E-state index is 0.180. The Hall–Kier alpha value is -3.21. The third-order valence-electron chi connectivity index (χ3n) is 3.08. The van der Waals surface area contributed by atoms with Gasteiger partial charge in [0.05, 0.1) is 5.56 Å². The Balaban J connectivity index is 2.26. The number of hydrogen-bond donors (Lipinski definition) is 1. The van der Waals surface area contributed by atoms with Gasteiger partial charge in [0.2, 0.25) is 0 Å². The van der Waals surface area contributed by atoms with Crippen molar-refractivity contribution in [2.24, 2.45) is 0 Å². The largest absolute Gasteiger partial charge is 0.416 e. The molecule has 0 atom stereocenters. The number of alkyl halides is 3. The van der Waals surface area contributed by atoms with Crippen LogP contribution in [-0.4, -0.2) is 5.91 Å². The predicted octanol–water partition coefficient (Wildman–Crippen LogP) is 4.53. The van der Waals surface area contributed by atoms with Gasteiger partial charge >= 0.3 is 6.18 Å². The molecule has 25 heavy (non-hydrogen) atoms. The topological polar surface area (TPSA) is 52.9 Å². The summed E-state index contributed by atoms with van der Waals surface area (Å²) in [5.41, 5.74) is -1.92. The van der Waals surface area contributed by atoms with Crippen LogP contribution in [0.3, 0.4) is 0 Å². The summed E-state index contributed by atoms with van der Waals surface area (Å²) in [4.78, 5) is 12.0. The SMILES string of the molecule is N#C/C(=C\c1ccc(F)cc1F)C(=O)Nc1cccc(C(F)(F)F)c1. The highest BCUT2D eigenvalue weighted by Gasteiger charge is 2.30. The van der Waals surface area contributed by atoms with Crippen LogP contribution in [0.2, 0.25) is 0 Å². The third-order valence-corrected chi connectivity index (χ3v) is 3.08. The average Bonchev–Trinajstić information content (AvgIpc) is 2.53. The van der Waals surface area contributed by atoms with Gasteiger partial charge in [-0.25, -0.2) is 8.78 Å². The van der Waals surface area contributed by atoms with Gasteiger partial charge < -0.3 is 5.32 Å². The van der Waals surface area contributed by atoms with E-state index in [1.165, 1.54) is 12.1 Å². The highest BCUT2D eigenvalue weighted by molar-refractivity contribution is 6.09. The fraction of sp³-hybridized carbons (Fsp3) is 0.0588. The van der Waals surface area contributed by atoms with E-state index in [9.17, 15) is 26.7 Å². The van der Waals surface area contributed by atoms with Crippen molar-refractivity contribution in [1.29, 1.82) is 5.26 Å². The first-order chi connectivity index (χ1) is 11.7. The number of nitrogens with one attached hydrogen (secondary N) is 1. The summed E-state index contributed by atoms with van der Waals surface area (Å²) >= 11 is 0. The van der Waals surface area contributed by atoms with Crippen LogP contribution in [0.15, 0.2) is 48.0 Å². The van der Waals surface area contributed by atoms with E-state index in [1.807, 2.05) is 0 Å². The maximum atomic E-state index is 13.6. The van der Waals surface area contributed by atoms with Gasteiger partial charge in [-0.1, -0.05) is 6.07 Å². The quantitative estimate of drug-likeness (QED) is 0.501. The van der Waals surface area contributed by atoms with E-state index in [0.29, 0.717) is 12.1 Å². The number of rotatable bonds is 3. The van der Waals surface area contributed by atoms with Crippen molar-refractivity contribution >= 4 is 17.7 Å². The number of nitriles is 1. The number of carbonyl (C=O) groups is 1. The number of amides is 1. The standard InChI is InChI=1S/C17H9F5N2O/c18-13-5-4-10(15(19)8-13)6-11(9-23)16(25)24-14-3-1-2-12(7-14)17(20,21)22/h1-8H,(H,24,25)/b11-6+. The molecule has 0 aromatic heterocycles. The van der Waals surface area contributed by atoms with Crippen LogP contribution in [0.1, 0.15) is 11.1 Å². The number of halogens is 5. The fourth-order valence-corrected chi connectivity index (χ4v) is 1.89. The molecular weight excluding hydrogens is 343 g/mol. The second-order valence-electron chi connectivity index (χ2n) is 4.87. The molecule has 128 valence electrons. The summed E-state index contributed by atoms with van der Waals surface area (Å²) in [7, 11) is 0. The molecule has 0 fully saturated rings. The lowest BCUT2D eigenvalue weighted by Gasteiger charge is -2.09. The molecule has 0 saturated carbocycles. The number of hydrogen-bond acceptors (Lipinski definition) is 2. The van der Waals surface area contributed by atoms with E-state index >= 15 is 0 Å². The lowest BCUT2D eigenvalue weighted by Crippen LogP contribution is -2.14. The van der Waals surface area contributed by atoms with Crippen molar-refractivity contribution in [3.63, 3.8) is 0 Å². The number of anilines is 1. The Morgan fingerprint density at radius 3 is 2.44 bits per heavy atom. The van der Waals surface area contributed by atoms with Crippen LogP contribution in [0.5, 0.6) is 0 Å². The van der Waals surface area contributed by atoms with E-state index in [4.69, 9.17) is 5.26 Å². The molecule has 0 unspecified atom stereocenters. The van der Waals surface area contributed by atoms with Gasteiger partial charge in [-0.15, -0.1) is 0 Å². The predicted molar refractivity (Wildman–Crippen MR) is 80.0 cm³/mol. The van der Waals surface area contributed by atoms with E-state index in [2.05, 4.69) is 5.32 Å². The summed E-state index contributed by atoms with van der Waals surface area (Å²) in [6, 6.07) is 7.89. The highest BCUT2D eigenvalue weighted by atomic mass is 19.4. The molecule has 0 aliphatic carbocycles. The maximum absolute atomic E-state index is 13.6. The van der Waals surface area contributed by atoms with Gasteiger partial charge in [0.15, 0.2) is 0 Å². The summed E-state index contributed by atoms with van der Waals surface area (Å²) in [6.07, 6.45) is -3.72. The Morgan fingerprint density at radius 2 is 1.84 bits per heavy atom. The summed E-state index contributed by atoms with van der Waals surface area (Å²) in [6.45, 7) is 0. The van der Waals surface area contributed by atoms with Crippen molar-refractivity contribution in [2.45, 2.75) is 6.18 Å². The van der Waals surface area contributed by atoms with Gasteiger partial charge in [-0.3, -0.25) is 4.79 Å². The van der Waals surface area contributed by atoms with E-state index in [0.717, 1.165) is 30.3 Å². The molecular formula is C17H9F5N2O. The average molecular weight is 352 g/mol. The van der Waals surface area contributed by atoms with Crippen molar-refractivity contribution in [3.8, 4) is 6.07 Å². The van der Waals surface area contributed by atoms with Crippen molar-refractivity contribution in [1.82, 2.24) is 0 Å². The molecule has 2 aromatic rings. The number of nitrogens with zero attached hydrogens (tertiary/aromatic N) is 1. The van der Waals surface area contributed by atoms with Gasteiger partial charge in [0, 0.05) is 17.3 Å². The van der Waals surface area contributed by atoms with Crippen LogP contribution in [0.25, 0.3) is 6.08 Å². The molecule has 2 aromatic carbocycles. The van der Waals surface area contributed by atoms with Crippen LogP contribution in [0.4, 0.5) is 27.6 Å². The van der Waals surface area contributed by atoms with Gasteiger partial charge in [0.1, 0.15) is 23.3 Å². The Kier molecular flexibility index (Phi) is 5.17. The molecule has 0 saturated heterocycles. The highest BCUT2D eigenvalue weighted by Crippen LogP contribution is 2.30. The number of carbonyl (C=O) groups excluding carboxylic acids is 1. The fourth-order valence-electron chi connectivity index (χ4n) is 1.89. The summed E-state index contributed by atoms with van der Waals surface area (Å²) in [5.74, 6) is -2.84. The van der Waals surface area contributed by atoms with E-state index in [-0.39, 0.29) is 11.3 Å². The molecule has 0 aliphatic rings. The van der Waals surface area contributed by atoms with Crippen LogP contribution < -0.4 is 5.32 Å².